The molecule has 2 aromatic heterocycles. The topological polar surface area (TPSA) is 125 Å². The van der Waals surface area contributed by atoms with Crippen LogP contribution in [0.3, 0.4) is 0 Å². The number of aromatic nitrogens is 2. The molecule has 0 fully saturated rings. The van der Waals surface area contributed by atoms with Crippen molar-refractivity contribution in [1.82, 2.24) is 20.2 Å². The van der Waals surface area contributed by atoms with E-state index in [-0.39, 0.29) is 12.2 Å². The Labute approximate surface area is 216 Å². The maximum absolute atomic E-state index is 13.3. The van der Waals surface area contributed by atoms with Gasteiger partial charge in [-0.05, 0) is 41.3 Å². The number of nitrogens with zero attached hydrogens (tertiary/aromatic N) is 2. The Bertz CT molecular complexity index is 1300. The van der Waals surface area contributed by atoms with Gasteiger partial charge in [0.2, 0.25) is 5.91 Å². The summed E-state index contributed by atoms with van der Waals surface area (Å²) < 4.78 is 40.4. The van der Waals surface area contributed by atoms with Gasteiger partial charge in [-0.15, -0.1) is 0 Å². The maximum atomic E-state index is 13.3. The summed E-state index contributed by atoms with van der Waals surface area (Å²) in [6.07, 6.45) is -4.59. The standard InChI is InChI=1S/C26H28F3N5O4/c1-16(2)22(23(36)26(27,28)29)33-21(35)15-34-20(18-6-4-3-5-7-18)9-8-19(24(34)37)32-25(38)31-14-17-10-12-30-13-11-17/h3-13,16,22-23,36H,14-15H2,1-2H3,(H,33,35)(H2,31,32,38). The van der Waals surface area contributed by atoms with Crippen molar-refractivity contribution in [3.05, 3.63) is 82.9 Å². The molecule has 0 aliphatic rings. The molecule has 0 aliphatic carbocycles. The minimum Gasteiger partial charge on any atom is -0.382 e. The van der Waals surface area contributed by atoms with Crippen LogP contribution in [0.5, 0.6) is 0 Å². The van der Waals surface area contributed by atoms with E-state index < -0.39 is 48.3 Å². The lowest BCUT2D eigenvalue weighted by molar-refractivity contribution is -0.215. The summed E-state index contributed by atoms with van der Waals surface area (Å²) >= 11 is 0. The van der Waals surface area contributed by atoms with Crippen molar-refractivity contribution in [2.24, 2.45) is 5.92 Å². The fraction of sp³-hybridized carbons (Fsp3) is 0.308. The van der Waals surface area contributed by atoms with Crippen LogP contribution in [0.15, 0.2) is 71.8 Å². The van der Waals surface area contributed by atoms with Crippen LogP contribution >= 0.6 is 0 Å². The van der Waals surface area contributed by atoms with Gasteiger partial charge in [0.15, 0.2) is 6.10 Å². The summed E-state index contributed by atoms with van der Waals surface area (Å²) in [6, 6.07) is 12.6. The zero-order chi connectivity index (χ0) is 27.9. The van der Waals surface area contributed by atoms with Gasteiger partial charge in [-0.1, -0.05) is 44.2 Å². The zero-order valence-corrected chi connectivity index (χ0v) is 20.7. The van der Waals surface area contributed by atoms with Gasteiger partial charge in [0.25, 0.3) is 5.56 Å². The van der Waals surface area contributed by atoms with Gasteiger partial charge in [-0.25, -0.2) is 4.79 Å². The molecule has 9 nitrogen and oxygen atoms in total. The molecule has 2 heterocycles. The molecule has 0 saturated heterocycles. The SMILES string of the molecule is CC(C)C(NC(=O)Cn1c(-c2ccccc2)ccc(NC(=O)NCc2ccncc2)c1=O)C(O)C(F)(F)F. The molecule has 3 amide bonds. The van der Waals surface area contributed by atoms with Gasteiger partial charge in [-0.2, -0.15) is 13.2 Å². The van der Waals surface area contributed by atoms with E-state index >= 15 is 0 Å². The van der Waals surface area contributed by atoms with Crippen LogP contribution in [0.1, 0.15) is 19.4 Å². The molecule has 0 aliphatic heterocycles. The highest BCUT2D eigenvalue weighted by molar-refractivity contribution is 5.89. The van der Waals surface area contributed by atoms with E-state index in [1.54, 1.807) is 54.9 Å². The Morgan fingerprint density at radius 3 is 2.29 bits per heavy atom. The van der Waals surface area contributed by atoms with Crippen molar-refractivity contribution >= 4 is 17.6 Å². The van der Waals surface area contributed by atoms with Gasteiger partial charge >= 0.3 is 12.2 Å². The fourth-order valence-corrected chi connectivity index (χ4v) is 3.73. The predicted molar refractivity (Wildman–Crippen MR) is 135 cm³/mol. The Kier molecular flexibility index (Phi) is 9.24. The number of carbonyl (C=O) groups excluding carboxylic acids is 2. The normalized spacial score (nSPS) is 13.0. The van der Waals surface area contributed by atoms with Crippen LogP contribution in [-0.2, 0) is 17.9 Å². The zero-order valence-electron chi connectivity index (χ0n) is 20.7. The van der Waals surface area contributed by atoms with Gasteiger partial charge in [0.1, 0.15) is 12.2 Å². The highest BCUT2D eigenvalue weighted by atomic mass is 19.4. The van der Waals surface area contributed by atoms with E-state index in [1.165, 1.54) is 26.0 Å². The monoisotopic (exact) mass is 531 g/mol. The first-order chi connectivity index (χ1) is 18.0. The van der Waals surface area contributed by atoms with Gasteiger partial charge in [0.05, 0.1) is 11.7 Å². The van der Waals surface area contributed by atoms with E-state index in [1.807, 2.05) is 0 Å². The van der Waals surface area contributed by atoms with Crippen LogP contribution in [0.4, 0.5) is 23.7 Å². The molecular weight excluding hydrogens is 503 g/mol. The lowest BCUT2D eigenvalue weighted by atomic mass is 9.98. The first-order valence-corrected chi connectivity index (χ1v) is 11.7. The van der Waals surface area contributed by atoms with E-state index in [0.717, 1.165) is 10.1 Å². The number of aliphatic hydroxyl groups excluding tert-OH is 1. The maximum Gasteiger partial charge on any atom is 0.416 e. The molecule has 202 valence electrons. The number of pyridine rings is 2. The number of halogens is 3. The molecular formula is C26H28F3N5O4. The average Bonchev–Trinajstić information content (AvgIpc) is 2.88. The summed E-state index contributed by atoms with van der Waals surface area (Å²) in [5, 5.41) is 17.0. The molecule has 2 unspecified atom stereocenters. The number of alkyl halides is 3. The summed E-state index contributed by atoms with van der Waals surface area (Å²) in [5.41, 5.74) is 0.788. The largest absolute Gasteiger partial charge is 0.416 e. The van der Waals surface area contributed by atoms with Crippen LogP contribution in [0.25, 0.3) is 11.3 Å². The second kappa shape index (κ2) is 12.4. The Hall–Kier alpha value is -4.19. The van der Waals surface area contributed by atoms with Crippen molar-refractivity contribution < 1.29 is 27.9 Å². The quantitative estimate of drug-likeness (QED) is 0.337. The van der Waals surface area contributed by atoms with Crippen LogP contribution in [0, 0.1) is 5.92 Å². The van der Waals surface area contributed by atoms with Crippen molar-refractivity contribution in [1.29, 1.82) is 0 Å². The lowest BCUT2D eigenvalue weighted by Crippen LogP contribution is -2.53. The summed E-state index contributed by atoms with van der Waals surface area (Å²) in [5.74, 6) is -1.66. The third-order valence-corrected chi connectivity index (χ3v) is 5.72. The predicted octanol–water partition coefficient (Wildman–Crippen LogP) is 3.30. The second-order valence-electron chi connectivity index (χ2n) is 8.88. The molecule has 2 atom stereocenters. The number of anilines is 1. The first kappa shape index (κ1) is 28.4. The molecule has 0 bridgehead atoms. The number of benzene rings is 1. The summed E-state index contributed by atoms with van der Waals surface area (Å²) in [7, 11) is 0. The highest BCUT2D eigenvalue weighted by Crippen LogP contribution is 2.25. The number of carbonyl (C=O) groups is 2. The number of rotatable bonds is 9. The molecule has 0 radical (unpaired) electrons. The number of urea groups is 1. The summed E-state index contributed by atoms with van der Waals surface area (Å²) in [6.45, 7) is 2.38. The smallest absolute Gasteiger partial charge is 0.382 e. The van der Waals surface area contributed by atoms with Crippen molar-refractivity contribution in [2.45, 2.75) is 45.3 Å². The number of hydrogen-bond acceptors (Lipinski definition) is 5. The Balaban J connectivity index is 1.86. The summed E-state index contributed by atoms with van der Waals surface area (Å²) in [4.78, 5) is 42.5. The number of aliphatic hydroxyl groups is 1. The van der Waals surface area contributed by atoms with Crippen LogP contribution < -0.4 is 21.5 Å². The molecule has 4 N–H and O–H groups in total. The van der Waals surface area contributed by atoms with Gasteiger partial charge in [0, 0.05) is 18.9 Å². The first-order valence-electron chi connectivity index (χ1n) is 11.7. The number of hydrogen-bond donors (Lipinski definition) is 4. The molecule has 3 rings (SSSR count). The third kappa shape index (κ3) is 7.42. The number of nitrogens with one attached hydrogen (secondary N) is 3. The lowest BCUT2D eigenvalue weighted by Gasteiger charge is -2.29. The number of amides is 3. The van der Waals surface area contributed by atoms with E-state index in [2.05, 4.69) is 20.9 Å². The van der Waals surface area contributed by atoms with Crippen LogP contribution in [0.2, 0.25) is 0 Å². The molecule has 0 saturated carbocycles. The van der Waals surface area contributed by atoms with Crippen LogP contribution in [-0.4, -0.2) is 44.9 Å². The fourth-order valence-electron chi connectivity index (χ4n) is 3.73. The van der Waals surface area contributed by atoms with E-state index in [9.17, 15) is 32.7 Å². The third-order valence-electron chi connectivity index (χ3n) is 5.72. The minimum absolute atomic E-state index is 0.138. The van der Waals surface area contributed by atoms with Crippen molar-refractivity contribution in [3.63, 3.8) is 0 Å². The molecule has 3 aromatic rings. The molecule has 38 heavy (non-hydrogen) atoms. The van der Waals surface area contributed by atoms with Gasteiger partial charge in [-0.3, -0.25) is 19.1 Å². The van der Waals surface area contributed by atoms with E-state index in [4.69, 9.17) is 0 Å². The Morgan fingerprint density at radius 1 is 1.03 bits per heavy atom. The van der Waals surface area contributed by atoms with E-state index in [0.29, 0.717) is 11.3 Å². The second-order valence-corrected chi connectivity index (χ2v) is 8.88. The Morgan fingerprint density at radius 2 is 1.68 bits per heavy atom. The molecule has 12 heteroatoms. The molecule has 0 spiro atoms. The van der Waals surface area contributed by atoms with Crippen molar-refractivity contribution in [2.75, 3.05) is 5.32 Å². The average molecular weight is 532 g/mol. The van der Waals surface area contributed by atoms with Gasteiger partial charge < -0.3 is 21.1 Å². The minimum atomic E-state index is -4.94. The van der Waals surface area contributed by atoms with Crippen molar-refractivity contribution in [3.8, 4) is 11.3 Å². The molecule has 1 aromatic carbocycles. The highest BCUT2D eigenvalue weighted by Gasteiger charge is 2.45.